The number of benzene rings is 9. The molecule has 0 N–H and O–H groups in total. The average Bonchev–Trinajstić information content (AvgIpc) is 3.68. The molecule has 0 bridgehead atoms. The summed E-state index contributed by atoms with van der Waals surface area (Å²) >= 11 is 0. The highest BCUT2D eigenvalue weighted by molar-refractivity contribution is 5.95. The van der Waals surface area contributed by atoms with Gasteiger partial charge in [0.05, 0.1) is 12.0 Å². The third-order valence-corrected chi connectivity index (χ3v) is 12.2. The molecule has 0 amide bonds. The standard InChI is InChI=1S/C59H38N4/c1-60-54-32-18-31-53-55(54)51-39-44(33-34-52(51)59(53,49-27-13-5-14-28-49)50-29-15-6-16-30-50)43-25-17-26-45(35-43)57-61-56(42-23-11-4-12-24-42)62-58(63-57)48-37-46(40-19-7-2-8-20-40)36-47(38-48)41-21-9-3-10-22-41/h2-39H. The van der Waals surface area contributed by atoms with E-state index in [1.165, 1.54) is 0 Å². The lowest BCUT2D eigenvalue weighted by atomic mass is 9.67. The van der Waals surface area contributed by atoms with E-state index in [9.17, 15) is 0 Å². The van der Waals surface area contributed by atoms with Crippen LogP contribution in [0.1, 0.15) is 22.3 Å². The smallest absolute Gasteiger partial charge is 0.195 e. The molecule has 0 aliphatic heterocycles. The van der Waals surface area contributed by atoms with E-state index >= 15 is 0 Å². The zero-order valence-corrected chi connectivity index (χ0v) is 34.2. The Balaban J connectivity index is 1.08. The zero-order chi connectivity index (χ0) is 42.2. The van der Waals surface area contributed by atoms with E-state index in [1.54, 1.807) is 0 Å². The molecule has 1 heterocycles. The van der Waals surface area contributed by atoms with Crippen LogP contribution >= 0.6 is 0 Å². The first-order valence-corrected chi connectivity index (χ1v) is 21.1. The van der Waals surface area contributed by atoms with Gasteiger partial charge in [0, 0.05) is 16.7 Å². The minimum Gasteiger partial charge on any atom is -0.238 e. The molecule has 0 fully saturated rings. The Hall–Kier alpha value is -8.52. The van der Waals surface area contributed by atoms with Gasteiger partial charge in [-0.25, -0.2) is 19.8 Å². The summed E-state index contributed by atoms with van der Waals surface area (Å²) in [5.74, 6) is 1.78. The number of hydrogen-bond donors (Lipinski definition) is 0. The molecular weight excluding hydrogens is 765 g/mol. The summed E-state index contributed by atoms with van der Waals surface area (Å²) < 4.78 is 0. The molecule has 0 spiro atoms. The van der Waals surface area contributed by atoms with Crippen molar-refractivity contribution in [1.82, 2.24) is 15.0 Å². The van der Waals surface area contributed by atoms with Crippen molar-refractivity contribution in [3.8, 4) is 78.7 Å². The van der Waals surface area contributed by atoms with Crippen molar-refractivity contribution in [2.24, 2.45) is 0 Å². The van der Waals surface area contributed by atoms with Gasteiger partial charge in [-0.3, -0.25) is 0 Å². The number of aromatic nitrogens is 3. The molecule has 1 aromatic heterocycles. The van der Waals surface area contributed by atoms with Gasteiger partial charge in [-0.2, -0.15) is 0 Å². The van der Waals surface area contributed by atoms with E-state index in [4.69, 9.17) is 21.5 Å². The van der Waals surface area contributed by atoms with Crippen LogP contribution in [-0.4, -0.2) is 15.0 Å². The molecule has 0 saturated carbocycles. The van der Waals surface area contributed by atoms with Gasteiger partial charge in [-0.1, -0.05) is 200 Å². The summed E-state index contributed by atoms with van der Waals surface area (Å²) in [5.41, 5.74) is 15.9. The summed E-state index contributed by atoms with van der Waals surface area (Å²) in [7, 11) is 0. The molecule has 1 aliphatic rings. The van der Waals surface area contributed by atoms with Crippen molar-refractivity contribution in [2.45, 2.75) is 5.41 Å². The number of fused-ring (bicyclic) bond motifs is 3. The van der Waals surface area contributed by atoms with Crippen molar-refractivity contribution < 1.29 is 0 Å². The Morgan fingerprint density at radius 3 is 1.32 bits per heavy atom. The molecule has 1 aliphatic carbocycles. The van der Waals surface area contributed by atoms with Gasteiger partial charge in [0.25, 0.3) is 0 Å². The molecule has 0 unspecified atom stereocenters. The van der Waals surface area contributed by atoms with Gasteiger partial charge < -0.3 is 0 Å². The normalized spacial score (nSPS) is 12.2. The molecule has 0 radical (unpaired) electrons. The minimum atomic E-state index is -0.596. The maximum absolute atomic E-state index is 8.31. The second kappa shape index (κ2) is 15.8. The van der Waals surface area contributed by atoms with Crippen molar-refractivity contribution in [2.75, 3.05) is 0 Å². The van der Waals surface area contributed by atoms with Gasteiger partial charge >= 0.3 is 0 Å². The highest BCUT2D eigenvalue weighted by Gasteiger charge is 2.46. The Kier molecular flexibility index (Phi) is 9.41. The SMILES string of the molecule is [C-]#[N+]c1cccc2c1-c1cc(-c3cccc(-c4nc(-c5ccccc5)nc(-c5cc(-c6ccccc6)cc(-c6ccccc6)c5)n4)c3)ccc1C2(c1ccccc1)c1ccccc1. The maximum Gasteiger partial charge on any atom is 0.195 e. The Morgan fingerprint density at radius 2 is 0.746 bits per heavy atom. The monoisotopic (exact) mass is 802 g/mol. The van der Waals surface area contributed by atoms with Gasteiger partial charge in [-0.05, 0) is 97.1 Å². The van der Waals surface area contributed by atoms with Gasteiger partial charge in [0.1, 0.15) is 0 Å². The van der Waals surface area contributed by atoms with E-state index in [2.05, 4.69) is 181 Å². The van der Waals surface area contributed by atoms with Crippen LogP contribution in [0.5, 0.6) is 0 Å². The van der Waals surface area contributed by atoms with Crippen LogP contribution in [0.25, 0.3) is 83.5 Å². The van der Waals surface area contributed by atoms with Crippen LogP contribution in [0.15, 0.2) is 231 Å². The third-order valence-electron chi connectivity index (χ3n) is 12.2. The van der Waals surface area contributed by atoms with Crippen molar-refractivity contribution >= 4 is 5.69 Å². The first kappa shape index (κ1) is 37.5. The van der Waals surface area contributed by atoms with Crippen LogP contribution in [0.2, 0.25) is 0 Å². The number of rotatable bonds is 8. The fourth-order valence-corrected chi connectivity index (χ4v) is 9.34. The van der Waals surface area contributed by atoms with E-state index in [-0.39, 0.29) is 0 Å². The second-order valence-electron chi connectivity index (χ2n) is 15.8. The van der Waals surface area contributed by atoms with E-state index in [1.807, 2.05) is 54.6 Å². The first-order valence-electron chi connectivity index (χ1n) is 21.1. The largest absolute Gasteiger partial charge is 0.238 e. The quantitative estimate of drug-likeness (QED) is 0.144. The molecule has 9 aromatic carbocycles. The van der Waals surface area contributed by atoms with Gasteiger partial charge in [-0.15, -0.1) is 0 Å². The third kappa shape index (κ3) is 6.61. The van der Waals surface area contributed by atoms with Crippen LogP contribution < -0.4 is 0 Å². The molecule has 4 heteroatoms. The zero-order valence-electron chi connectivity index (χ0n) is 34.2. The molecule has 11 rings (SSSR count). The Labute approximate surface area is 367 Å². The molecular formula is C59H38N4. The highest BCUT2D eigenvalue weighted by Crippen LogP contribution is 2.59. The van der Waals surface area contributed by atoms with Crippen LogP contribution in [0, 0.1) is 6.57 Å². The molecule has 0 saturated heterocycles. The second-order valence-corrected chi connectivity index (χ2v) is 15.8. The van der Waals surface area contributed by atoms with Crippen molar-refractivity contribution in [3.63, 3.8) is 0 Å². The predicted molar refractivity (Wildman–Crippen MR) is 256 cm³/mol. The van der Waals surface area contributed by atoms with Crippen molar-refractivity contribution in [1.29, 1.82) is 0 Å². The molecule has 0 atom stereocenters. The van der Waals surface area contributed by atoms with Crippen LogP contribution in [0.4, 0.5) is 5.69 Å². The van der Waals surface area contributed by atoms with Crippen LogP contribution in [-0.2, 0) is 5.41 Å². The summed E-state index contributed by atoms with van der Waals surface area (Å²) in [6.45, 7) is 8.31. The fraction of sp³-hybridized carbons (Fsp3) is 0.0169. The lowest BCUT2D eigenvalue weighted by Gasteiger charge is -2.34. The topological polar surface area (TPSA) is 43.0 Å². The Morgan fingerprint density at radius 1 is 0.317 bits per heavy atom. The van der Waals surface area contributed by atoms with E-state index in [0.717, 1.165) is 83.5 Å². The summed E-state index contributed by atoms with van der Waals surface area (Å²) in [5, 5.41) is 0. The van der Waals surface area contributed by atoms with E-state index in [0.29, 0.717) is 23.2 Å². The molecule has 294 valence electrons. The summed E-state index contributed by atoms with van der Waals surface area (Å²) in [4.78, 5) is 19.6. The molecule has 4 nitrogen and oxygen atoms in total. The van der Waals surface area contributed by atoms with Crippen molar-refractivity contribution in [3.05, 3.63) is 264 Å². The molecule has 63 heavy (non-hydrogen) atoms. The fourth-order valence-electron chi connectivity index (χ4n) is 9.34. The lowest BCUT2D eigenvalue weighted by molar-refractivity contribution is 0.769. The first-order chi connectivity index (χ1) is 31.2. The molecule has 10 aromatic rings. The number of hydrogen-bond acceptors (Lipinski definition) is 3. The predicted octanol–water partition coefficient (Wildman–Crippen LogP) is 14.8. The summed E-state index contributed by atoms with van der Waals surface area (Å²) in [6.07, 6.45) is 0. The number of nitrogens with zero attached hydrogens (tertiary/aromatic N) is 4. The Bertz CT molecular complexity index is 3230. The summed E-state index contributed by atoms with van der Waals surface area (Å²) in [6, 6.07) is 80.4. The van der Waals surface area contributed by atoms with Gasteiger partial charge in [0.15, 0.2) is 23.2 Å². The highest BCUT2D eigenvalue weighted by atomic mass is 15.0. The average molecular weight is 803 g/mol. The van der Waals surface area contributed by atoms with Crippen LogP contribution in [0.3, 0.4) is 0 Å². The van der Waals surface area contributed by atoms with E-state index < -0.39 is 5.41 Å². The lowest BCUT2D eigenvalue weighted by Crippen LogP contribution is -2.28. The maximum atomic E-state index is 8.31. The minimum absolute atomic E-state index is 0.584. The van der Waals surface area contributed by atoms with Gasteiger partial charge in [0.2, 0.25) is 0 Å².